The number of urea groups is 1. The summed E-state index contributed by atoms with van der Waals surface area (Å²) in [6.45, 7) is 7.15. The first-order valence-electron chi connectivity index (χ1n) is 11.1. The van der Waals surface area contributed by atoms with Gasteiger partial charge in [0.2, 0.25) is 6.41 Å². The second-order valence-corrected chi connectivity index (χ2v) is 8.74. The maximum atomic E-state index is 13.2. The van der Waals surface area contributed by atoms with Crippen LogP contribution in [0, 0.1) is 6.92 Å². The molecule has 0 fully saturated rings. The zero-order valence-corrected chi connectivity index (χ0v) is 20.9. The summed E-state index contributed by atoms with van der Waals surface area (Å²) in [6.07, 6.45) is 0.500. The first kappa shape index (κ1) is 25.0. The molecule has 3 rings (SSSR count). The molecule has 182 valence electrons. The van der Waals surface area contributed by atoms with Crippen LogP contribution in [0.3, 0.4) is 0 Å². The number of nitrogens with zero attached hydrogens (tertiary/aromatic N) is 6. The van der Waals surface area contributed by atoms with Crippen molar-refractivity contribution in [2.75, 3.05) is 49.3 Å². The van der Waals surface area contributed by atoms with Crippen molar-refractivity contribution in [1.29, 1.82) is 0 Å². The SMILES string of the molecule is Cc1nn(C)c2nc(N(C)CCN(C)C)c(N(C=O)C(=O)Nc3cccc(OC(C)C)c3)cc12. The molecular weight excluding hydrogens is 434 g/mol. The van der Waals surface area contributed by atoms with Gasteiger partial charge in [-0.2, -0.15) is 5.10 Å². The molecule has 0 unspecified atom stereocenters. The van der Waals surface area contributed by atoms with Gasteiger partial charge in [0, 0.05) is 44.3 Å². The summed E-state index contributed by atoms with van der Waals surface area (Å²) in [5.41, 5.74) is 2.34. The van der Waals surface area contributed by atoms with E-state index >= 15 is 0 Å². The highest BCUT2D eigenvalue weighted by Gasteiger charge is 2.24. The predicted octanol–water partition coefficient (Wildman–Crippen LogP) is 3.26. The number of hydrogen-bond donors (Lipinski definition) is 1. The number of carbonyl (C=O) groups excluding carboxylic acids is 2. The Morgan fingerprint density at radius 1 is 1.21 bits per heavy atom. The lowest BCUT2D eigenvalue weighted by Gasteiger charge is -2.26. The monoisotopic (exact) mass is 467 g/mol. The Hall–Kier alpha value is -3.66. The number of fused-ring (bicyclic) bond motifs is 1. The van der Waals surface area contributed by atoms with Gasteiger partial charge in [-0.3, -0.25) is 9.48 Å². The first-order valence-corrected chi connectivity index (χ1v) is 11.1. The number of carbonyl (C=O) groups is 2. The number of benzene rings is 1. The Bertz CT molecular complexity index is 1170. The minimum Gasteiger partial charge on any atom is -0.491 e. The van der Waals surface area contributed by atoms with E-state index < -0.39 is 6.03 Å². The molecule has 10 heteroatoms. The molecule has 0 atom stereocenters. The van der Waals surface area contributed by atoms with Gasteiger partial charge in [-0.1, -0.05) is 6.07 Å². The summed E-state index contributed by atoms with van der Waals surface area (Å²) in [6, 6.07) is 8.25. The van der Waals surface area contributed by atoms with Crippen molar-refractivity contribution in [1.82, 2.24) is 19.7 Å². The fraction of sp³-hybridized carbons (Fsp3) is 0.417. The summed E-state index contributed by atoms with van der Waals surface area (Å²) >= 11 is 0. The summed E-state index contributed by atoms with van der Waals surface area (Å²) in [7, 11) is 7.68. The number of nitrogens with one attached hydrogen (secondary N) is 1. The lowest BCUT2D eigenvalue weighted by molar-refractivity contribution is -0.106. The molecule has 0 radical (unpaired) electrons. The van der Waals surface area contributed by atoms with E-state index in [1.807, 2.05) is 59.9 Å². The normalized spacial score (nSPS) is 11.2. The first-order chi connectivity index (χ1) is 16.1. The van der Waals surface area contributed by atoms with Gasteiger partial charge in [0.05, 0.1) is 17.5 Å². The molecule has 2 heterocycles. The van der Waals surface area contributed by atoms with Crippen LogP contribution in [0.5, 0.6) is 5.75 Å². The zero-order valence-electron chi connectivity index (χ0n) is 20.9. The van der Waals surface area contributed by atoms with Crippen LogP contribution in [0.15, 0.2) is 30.3 Å². The average Bonchev–Trinajstić information content (AvgIpc) is 3.04. The fourth-order valence-electron chi connectivity index (χ4n) is 3.55. The third-order valence-electron chi connectivity index (χ3n) is 5.24. The lowest BCUT2D eigenvalue weighted by Crippen LogP contribution is -2.36. The van der Waals surface area contributed by atoms with E-state index in [1.54, 1.807) is 28.9 Å². The van der Waals surface area contributed by atoms with Gasteiger partial charge in [-0.15, -0.1) is 0 Å². The van der Waals surface area contributed by atoms with Crippen LogP contribution in [0.1, 0.15) is 19.5 Å². The topological polar surface area (TPSA) is 95.8 Å². The highest BCUT2D eigenvalue weighted by atomic mass is 16.5. The summed E-state index contributed by atoms with van der Waals surface area (Å²) < 4.78 is 7.40. The Morgan fingerprint density at radius 3 is 2.59 bits per heavy atom. The molecule has 2 aromatic heterocycles. The highest BCUT2D eigenvalue weighted by Crippen LogP contribution is 2.32. The molecular formula is C24H33N7O3. The molecule has 0 aliphatic heterocycles. The van der Waals surface area contributed by atoms with Crippen molar-refractivity contribution in [2.24, 2.45) is 7.05 Å². The van der Waals surface area contributed by atoms with Gasteiger partial charge in [0.25, 0.3) is 0 Å². The molecule has 1 N–H and O–H groups in total. The number of likely N-dealkylation sites (N-methyl/N-ethyl adjacent to an activating group) is 2. The molecule has 0 aliphatic rings. The number of imide groups is 1. The van der Waals surface area contributed by atoms with Crippen LogP contribution in [0.2, 0.25) is 0 Å². The minimum atomic E-state index is -0.596. The minimum absolute atomic E-state index is 0.00166. The summed E-state index contributed by atoms with van der Waals surface area (Å²) in [5.74, 6) is 1.14. The summed E-state index contributed by atoms with van der Waals surface area (Å²) in [5, 5.41) is 8.01. The molecule has 0 saturated carbocycles. The Labute approximate surface area is 200 Å². The lowest BCUT2D eigenvalue weighted by atomic mass is 10.2. The van der Waals surface area contributed by atoms with E-state index in [0.29, 0.717) is 41.5 Å². The molecule has 0 spiro atoms. The number of amides is 3. The largest absolute Gasteiger partial charge is 0.491 e. The van der Waals surface area contributed by atoms with E-state index in [-0.39, 0.29) is 6.10 Å². The van der Waals surface area contributed by atoms with Crippen molar-refractivity contribution in [2.45, 2.75) is 26.9 Å². The Kier molecular flexibility index (Phi) is 7.72. The van der Waals surface area contributed by atoms with Crippen molar-refractivity contribution in [3.05, 3.63) is 36.0 Å². The van der Waals surface area contributed by atoms with Crippen LogP contribution in [-0.2, 0) is 11.8 Å². The Balaban J connectivity index is 1.99. The summed E-state index contributed by atoms with van der Waals surface area (Å²) in [4.78, 5) is 35.2. The second kappa shape index (κ2) is 10.5. The maximum Gasteiger partial charge on any atom is 0.333 e. The predicted molar refractivity (Wildman–Crippen MR) is 135 cm³/mol. The van der Waals surface area contributed by atoms with Gasteiger partial charge < -0.3 is 19.9 Å². The third-order valence-corrected chi connectivity index (χ3v) is 5.24. The van der Waals surface area contributed by atoms with E-state index in [9.17, 15) is 9.59 Å². The standard InChI is InChI=1S/C24H33N7O3/c1-16(2)34-19-10-8-9-18(13-19)25-24(33)31(15-32)21-14-20-17(3)27-30(7)22(20)26-23(21)29(6)12-11-28(4)5/h8-10,13-16H,11-12H2,1-7H3,(H,25,33). The quantitative estimate of drug-likeness (QED) is 0.483. The van der Waals surface area contributed by atoms with Gasteiger partial charge in [0.15, 0.2) is 11.5 Å². The number of pyridine rings is 1. The zero-order chi connectivity index (χ0) is 25.0. The van der Waals surface area contributed by atoms with Gasteiger partial charge in [-0.05, 0) is 53.1 Å². The number of aryl methyl sites for hydroxylation is 2. The van der Waals surface area contributed by atoms with Crippen LogP contribution in [0.25, 0.3) is 11.0 Å². The molecule has 34 heavy (non-hydrogen) atoms. The van der Waals surface area contributed by atoms with Crippen molar-refractivity contribution in [3.63, 3.8) is 0 Å². The molecule has 0 aliphatic carbocycles. The third kappa shape index (κ3) is 5.63. The van der Waals surface area contributed by atoms with Gasteiger partial charge in [0.1, 0.15) is 5.75 Å². The van der Waals surface area contributed by atoms with Crippen LogP contribution >= 0.6 is 0 Å². The number of hydrogen-bond acceptors (Lipinski definition) is 7. The van der Waals surface area contributed by atoms with Gasteiger partial charge >= 0.3 is 6.03 Å². The van der Waals surface area contributed by atoms with E-state index in [4.69, 9.17) is 9.72 Å². The highest BCUT2D eigenvalue weighted by molar-refractivity contribution is 6.14. The smallest absolute Gasteiger partial charge is 0.333 e. The van der Waals surface area contributed by atoms with Crippen LogP contribution in [0.4, 0.5) is 22.0 Å². The van der Waals surface area contributed by atoms with Crippen LogP contribution < -0.4 is 19.9 Å². The average molecular weight is 468 g/mol. The molecule has 0 bridgehead atoms. The Morgan fingerprint density at radius 2 is 1.94 bits per heavy atom. The van der Waals surface area contributed by atoms with E-state index in [0.717, 1.165) is 22.5 Å². The molecule has 1 aromatic carbocycles. The van der Waals surface area contributed by atoms with Crippen molar-refractivity contribution >= 4 is 40.7 Å². The number of aromatic nitrogens is 3. The maximum absolute atomic E-state index is 13.2. The molecule has 3 aromatic rings. The van der Waals surface area contributed by atoms with Crippen molar-refractivity contribution < 1.29 is 14.3 Å². The van der Waals surface area contributed by atoms with Crippen LogP contribution in [-0.4, -0.2) is 72.4 Å². The van der Waals surface area contributed by atoms with Gasteiger partial charge in [-0.25, -0.2) is 14.7 Å². The van der Waals surface area contributed by atoms with E-state index in [1.165, 1.54) is 0 Å². The van der Waals surface area contributed by atoms with Crippen molar-refractivity contribution in [3.8, 4) is 5.75 Å². The molecule has 10 nitrogen and oxygen atoms in total. The number of rotatable bonds is 9. The van der Waals surface area contributed by atoms with E-state index in [2.05, 4.69) is 15.3 Å². The fourth-order valence-corrected chi connectivity index (χ4v) is 3.55. The molecule has 0 saturated heterocycles. The number of ether oxygens (including phenoxy) is 1. The number of anilines is 3. The molecule has 3 amide bonds. The second-order valence-electron chi connectivity index (χ2n) is 8.74.